The van der Waals surface area contributed by atoms with E-state index >= 15 is 0 Å². The molecule has 7 heteroatoms. The van der Waals surface area contributed by atoms with Crippen LogP contribution in [0.5, 0.6) is 0 Å². The van der Waals surface area contributed by atoms with Crippen LogP contribution in [0.3, 0.4) is 0 Å². The van der Waals surface area contributed by atoms with Crippen molar-refractivity contribution in [2.75, 3.05) is 26.2 Å². The van der Waals surface area contributed by atoms with Gasteiger partial charge in [0.2, 0.25) is 5.91 Å². The van der Waals surface area contributed by atoms with Gasteiger partial charge in [-0.15, -0.1) is 0 Å². The minimum absolute atomic E-state index is 0.104. The molecule has 1 rings (SSSR count). The Hall–Kier alpha value is -2.08. The highest BCUT2D eigenvalue weighted by Gasteiger charge is 2.17. The van der Waals surface area contributed by atoms with Crippen LogP contribution in [-0.4, -0.2) is 48.9 Å². The Morgan fingerprint density at radius 3 is 2.39 bits per heavy atom. The molecule has 0 aliphatic carbocycles. The van der Waals surface area contributed by atoms with Crippen molar-refractivity contribution in [1.82, 2.24) is 10.2 Å². The van der Waals surface area contributed by atoms with Crippen LogP contribution in [0.4, 0.5) is 0 Å². The Labute approximate surface area is 140 Å². The molecule has 0 saturated carbocycles. The van der Waals surface area contributed by atoms with E-state index in [1.165, 1.54) is 11.8 Å². The normalized spacial score (nSPS) is 10.0. The monoisotopic (exact) mass is 340 g/mol. The Bertz CT molecular complexity index is 546. The predicted molar refractivity (Wildman–Crippen MR) is 87.3 cm³/mol. The largest absolute Gasteiger partial charge is 0.466 e. The lowest BCUT2D eigenvalue weighted by molar-refractivity contribution is -0.143. The zero-order chi connectivity index (χ0) is 17.2. The van der Waals surface area contributed by atoms with Crippen LogP contribution in [0.15, 0.2) is 24.3 Å². The number of rotatable bonds is 8. The maximum Gasteiger partial charge on any atom is 0.307 e. The molecule has 0 atom stereocenters. The summed E-state index contributed by atoms with van der Waals surface area (Å²) in [5, 5.41) is 3.17. The zero-order valence-corrected chi connectivity index (χ0v) is 14.1. The van der Waals surface area contributed by atoms with Crippen molar-refractivity contribution >= 4 is 29.4 Å². The van der Waals surface area contributed by atoms with Crippen LogP contribution in [0, 0.1) is 0 Å². The smallest absolute Gasteiger partial charge is 0.307 e. The summed E-state index contributed by atoms with van der Waals surface area (Å²) in [6.07, 6.45) is 0.104. The lowest BCUT2D eigenvalue weighted by atomic mass is 10.2. The van der Waals surface area contributed by atoms with Crippen molar-refractivity contribution < 1.29 is 19.1 Å². The standard InChI is InChI=1S/C16H21ClN2O4/c1-3-23-15(21)8-10-19(11-9-18-12(2)20)16(22)13-4-6-14(17)7-5-13/h4-7H,3,8-11H2,1-2H3,(H,18,20). The van der Waals surface area contributed by atoms with E-state index in [1.807, 2.05) is 0 Å². The average molecular weight is 341 g/mol. The third kappa shape index (κ3) is 7.15. The van der Waals surface area contributed by atoms with Crippen molar-refractivity contribution in [3.05, 3.63) is 34.9 Å². The van der Waals surface area contributed by atoms with Gasteiger partial charge in [0.05, 0.1) is 13.0 Å². The van der Waals surface area contributed by atoms with E-state index in [0.717, 1.165) is 0 Å². The molecule has 0 fully saturated rings. The quantitative estimate of drug-likeness (QED) is 0.733. The Kier molecular flexibility index (Phi) is 8.11. The molecule has 0 saturated heterocycles. The molecule has 0 aliphatic rings. The SMILES string of the molecule is CCOC(=O)CCN(CCNC(C)=O)C(=O)c1ccc(Cl)cc1. The molecule has 0 aliphatic heterocycles. The molecule has 0 bridgehead atoms. The second-order valence-electron chi connectivity index (χ2n) is 4.84. The molecule has 0 aromatic heterocycles. The number of esters is 1. The highest BCUT2D eigenvalue weighted by molar-refractivity contribution is 6.30. The van der Waals surface area contributed by atoms with Crippen LogP contribution in [0.2, 0.25) is 5.02 Å². The van der Waals surface area contributed by atoms with Crippen molar-refractivity contribution in [1.29, 1.82) is 0 Å². The minimum atomic E-state index is -0.360. The maximum atomic E-state index is 12.5. The van der Waals surface area contributed by atoms with Gasteiger partial charge in [0.15, 0.2) is 0 Å². The van der Waals surface area contributed by atoms with Gasteiger partial charge in [0.25, 0.3) is 5.91 Å². The molecule has 1 aromatic rings. The predicted octanol–water partition coefficient (Wildman–Crippen LogP) is 1.87. The molecule has 126 valence electrons. The van der Waals surface area contributed by atoms with Crippen molar-refractivity contribution in [2.24, 2.45) is 0 Å². The van der Waals surface area contributed by atoms with Gasteiger partial charge in [0.1, 0.15) is 0 Å². The topological polar surface area (TPSA) is 75.7 Å². The van der Waals surface area contributed by atoms with E-state index in [-0.39, 0.29) is 30.7 Å². The fourth-order valence-electron chi connectivity index (χ4n) is 1.92. The number of nitrogens with one attached hydrogen (secondary N) is 1. The van der Waals surface area contributed by atoms with Crippen molar-refractivity contribution in [2.45, 2.75) is 20.3 Å². The molecule has 23 heavy (non-hydrogen) atoms. The number of halogens is 1. The van der Waals surface area contributed by atoms with Gasteiger partial charge >= 0.3 is 5.97 Å². The third-order valence-corrected chi connectivity index (χ3v) is 3.28. The summed E-state index contributed by atoms with van der Waals surface area (Å²) in [5.41, 5.74) is 0.473. The van der Waals surface area contributed by atoms with Crippen LogP contribution >= 0.6 is 11.6 Å². The summed E-state index contributed by atoms with van der Waals surface area (Å²) in [5.74, 6) is -0.758. The lowest BCUT2D eigenvalue weighted by Crippen LogP contribution is -2.39. The Balaban J connectivity index is 2.71. The number of hydrogen-bond donors (Lipinski definition) is 1. The van der Waals surface area contributed by atoms with E-state index in [1.54, 1.807) is 31.2 Å². The van der Waals surface area contributed by atoms with Gasteiger partial charge in [-0.25, -0.2) is 0 Å². The first-order chi connectivity index (χ1) is 10.9. The molecule has 0 radical (unpaired) electrons. The van der Waals surface area contributed by atoms with E-state index < -0.39 is 0 Å². The van der Waals surface area contributed by atoms with Gasteiger partial charge in [-0.2, -0.15) is 0 Å². The summed E-state index contributed by atoms with van der Waals surface area (Å²) < 4.78 is 4.87. The number of benzene rings is 1. The fraction of sp³-hybridized carbons (Fsp3) is 0.438. The minimum Gasteiger partial charge on any atom is -0.466 e. The van der Waals surface area contributed by atoms with Gasteiger partial charge < -0.3 is 15.0 Å². The van der Waals surface area contributed by atoms with E-state index in [4.69, 9.17) is 16.3 Å². The molecule has 2 amide bonds. The summed E-state index contributed by atoms with van der Waals surface area (Å²) >= 11 is 5.82. The Morgan fingerprint density at radius 1 is 1.17 bits per heavy atom. The number of hydrogen-bond acceptors (Lipinski definition) is 4. The highest BCUT2D eigenvalue weighted by atomic mass is 35.5. The summed E-state index contributed by atoms with van der Waals surface area (Å²) in [6, 6.07) is 6.51. The highest BCUT2D eigenvalue weighted by Crippen LogP contribution is 2.12. The van der Waals surface area contributed by atoms with Crippen molar-refractivity contribution in [3.63, 3.8) is 0 Å². The number of carbonyl (C=O) groups is 3. The van der Waals surface area contributed by atoms with Gasteiger partial charge in [-0.05, 0) is 31.2 Å². The molecule has 6 nitrogen and oxygen atoms in total. The summed E-state index contributed by atoms with van der Waals surface area (Å²) in [7, 11) is 0. The number of amides is 2. The van der Waals surface area contributed by atoms with Gasteiger partial charge in [-0.1, -0.05) is 11.6 Å². The van der Waals surface area contributed by atoms with Crippen LogP contribution in [0.1, 0.15) is 30.6 Å². The average Bonchev–Trinajstić information content (AvgIpc) is 2.50. The van der Waals surface area contributed by atoms with Gasteiger partial charge in [0, 0.05) is 37.1 Å². The first-order valence-electron chi connectivity index (χ1n) is 7.39. The van der Waals surface area contributed by atoms with Crippen LogP contribution in [-0.2, 0) is 14.3 Å². The fourth-order valence-corrected chi connectivity index (χ4v) is 2.04. The lowest BCUT2D eigenvalue weighted by Gasteiger charge is -2.22. The second kappa shape index (κ2) is 9.84. The van der Waals surface area contributed by atoms with E-state index in [0.29, 0.717) is 30.3 Å². The molecule has 1 N–H and O–H groups in total. The third-order valence-electron chi connectivity index (χ3n) is 3.03. The van der Waals surface area contributed by atoms with Crippen LogP contribution < -0.4 is 5.32 Å². The number of carbonyl (C=O) groups excluding carboxylic acids is 3. The molecular weight excluding hydrogens is 320 g/mol. The Morgan fingerprint density at radius 2 is 1.83 bits per heavy atom. The number of ether oxygens (including phenoxy) is 1. The van der Waals surface area contributed by atoms with Crippen LogP contribution in [0.25, 0.3) is 0 Å². The van der Waals surface area contributed by atoms with E-state index in [2.05, 4.69) is 5.32 Å². The van der Waals surface area contributed by atoms with Gasteiger partial charge in [-0.3, -0.25) is 14.4 Å². The second-order valence-corrected chi connectivity index (χ2v) is 5.27. The molecule has 1 aromatic carbocycles. The maximum absolute atomic E-state index is 12.5. The molecule has 0 unspecified atom stereocenters. The zero-order valence-electron chi connectivity index (χ0n) is 13.3. The summed E-state index contributed by atoms with van der Waals surface area (Å²) in [4.78, 5) is 36.5. The molecular formula is C16H21ClN2O4. The molecule has 0 heterocycles. The first-order valence-corrected chi connectivity index (χ1v) is 7.76. The summed E-state index contributed by atoms with van der Waals surface area (Å²) in [6.45, 7) is 4.28. The first kappa shape index (κ1) is 19.0. The number of nitrogens with zero attached hydrogens (tertiary/aromatic N) is 1. The molecule has 0 spiro atoms. The van der Waals surface area contributed by atoms with Crippen molar-refractivity contribution in [3.8, 4) is 0 Å². The van der Waals surface area contributed by atoms with E-state index in [9.17, 15) is 14.4 Å².